The van der Waals surface area contributed by atoms with Crippen molar-refractivity contribution in [3.8, 4) is 0 Å². The molecule has 1 saturated heterocycles. The molecule has 1 atom stereocenters. The molecule has 0 aromatic heterocycles. The highest BCUT2D eigenvalue weighted by molar-refractivity contribution is 7.86. The summed E-state index contributed by atoms with van der Waals surface area (Å²) in [4.78, 5) is 10.7. The molecular weight excluding hydrogens is 244 g/mol. The maximum Gasteiger partial charge on any atom is 0.318 e. The van der Waals surface area contributed by atoms with Crippen LogP contribution in [0.1, 0.15) is 33.6 Å². The highest BCUT2D eigenvalue weighted by Gasteiger charge is 2.37. The third-order valence-electron chi connectivity index (χ3n) is 2.95. The summed E-state index contributed by atoms with van der Waals surface area (Å²) in [5, 5.41) is 8.78. The topological polar surface area (TPSA) is 77.9 Å². The maximum atomic E-state index is 12.3. The molecule has 0 aromatic rings. The maximum absolute atomic E-state index is 12.3. The zero-order chi connectivity index (χ0) is 13.2. The van der Waals surface area contributed by atoms with Crippen molar-refractivity contribution in [2.75, 3.05) is 13.1 Å². The van der Waals surface area contributed by atoms with Crippen molar-refractivity contribution in [3.63, 3.8) is 0 Å². The normalized spacial score (nSPS) is 22.5. The van der Waals surface area contributed by atoms with E-state index in [2.05, 4.69) is 0 Å². The minimum atomic E-state index is -3.66. The molecule has 17 heavy (non-hydrogen) atoms. The second-order valence-corrected chi connectivity index (χ2v) is 6.48. The van der Waals surface area contributed by atoms with E-state index < -0.39 is 22.7 Å². The first-order valence-corrected chi connectivity index (χ1v) is 7.17. The summed E-state index contributed by atoms with van der Waals surface area (Å²) in [5.74, 6) is -1.13. The lowest BCUT2D eigenvalue weighted by atomic mass is 10.3. The van der Waals surface area contributed by atoms with Crippen LogP contribution in [0.5, 0.6) is 0 Å². The van der Waals surface area contributed by atoms with Crippen molar-refractivity contribution in [2.45, 2.75) is 45.7 Å². The highest BCUT2D eigenvalue weighted by Crippen LogP contribution is 2.23. The molecule has 0 amide bonds. The number of aliphatic carboxylic acids is 1. The lowest BCUT2D eigenvalue weighted by Gasteiger charge is -2.31. The third kappa shape index (κ3) is 3.17. The van der Waals surface area contributed by atoms with Crippen LogP contribution in [-0.2, 0) is 15.0 Å². The van der Waals surface area contributed by atoms with E-state index in [9.17, 15) is 13.2 Å². The van der Waals surface area contributed by atoms with E-state index in [-0.39, 0.29) is 12.1 Å². The minimum Gasteiger partial charge on any atom is -0.480 e. The minimum absolute atomic E-state index is 0.0463. The van der Waals surface area contributed by atoms with E-state index in [1.165, 1.54) is 4.31 Å². The van der Waals surface area contributed by atoms with Gasteiger partial charge in [-0.25, -0.2) is 0 Å². The number of carbonyl (C=O) groups is 1. The molecular formula is C10H20N2O4S. The van der Waals surface area contributed by atoms with E-state index >= 15 is 0 Å². The lowest BCUT2D eigenvalue weighted by molar-refractivity contribution is -0.137. The number of carboxylic acids is 1. The fourth-order valence-corrected chi connectivity index (χ4v) is 4.04. The number of hydrogen-bond donors (Lipinski definition) is 1. The van der Waals surface area contributed by atoms with Crippen LogP contribution >= 0.6 is 0 Å². The summed E-state index contributed by atoms with van der Waals surface area (Å²) < 4.78 is 27.1. The SMILES string of the molecule is CC(C)N(CC(=O)O)S(=O)(=O)N1CCCC1C. The van der Waals surface area contributed by atoms with Gasteiger partial charge in [0.2, 0.25) is 0 Å². The summed E-state index contributed by atoms with van der Waals surface area (Å²) in [7, 11) is -3.66. The van der Waals surface area contributed by atoms with Gasteiger partial charge in [0.1, 0.15) is 6.54 Å². The molecule has 1 N–H and O–H groups in total. The predicted molar refractivity (Wildman–Crippen MR) is 63.8 cm³/mol. The Labute approximate surface area is 102 Å². The summed E-state index contributed by atoms with van der Waals surface area (Å²) in [6.45, 7) is 5.21. The van der Waals surface area contributed by atoms with Crippen molar-refractivity contribution >= 4 is 16.2 Å². The van der Waals surface area contributed by atoms with Crippen LogP contribution in [0, 0.1) is 0 Å². The number of carboxylic acid groups (broad SMARTS) is 1. The van der Waals surface area contributed by atoms with Crippen molar-refractivity contribution in [1.29, 1.82) is 0 Å². The molecule has 0 aromatic carbocycles. The summed E-state index contributed by atoms with van der Waals surface area (Å²) in [6.07, 6.45) is 1.66. The molecule has 6 nitrogen and oxygen atoms in total. The number of rotatable bonds is 5. The van der Waals surface area contributed by atoms with Gasteiger partial charge >= 0.3 is 5.97 Å². The fraction of sp³-hybridized carbons (Fsp3) is 0.900. The smallest absolute Gasteiger partial charge is 0.318 e. The second kappa shape index (κ2) is 5.32. The van der Waals surface area contributed by atoms with Gasteiger partial charge in [0.15, 0.2) is 0 Å². The number of hydrogen-bond acceptors (Lipinski definition) is 3. The Morgan fingerprint density at radius 3 is 2.47 bits per heavy atom. The summed E-state index contributed by atoms with van der Waals surface area (Å²) >= 11 is 0. The monoisotopic (exact) mass is 264 g/mol. The molecule has 7 heteroatoms. The van der Waals surface area contributed by atoms with E-state index in [0.29, 0.717) is 6.54 Å². The summed E-state index contributed by atoms with van der Waals surface area (Å²) in [5.41, 5.74) is 0. The van der Waals surface area contributed by atoms with Gasteiger partial charge in [-0.1, -0.05) is 0 Å². The van der Waals surface area contributed by atoms with Crippen LogP contribution < -0.4 is 0 Å². The zero-order valence-corrected chi connectivity index (χ0v) is 11.3. The van der Waals surface area contributed by atoms with Gasteiger partial charge in [0.05, 0.1) is 0 Å². The lowest BCUT2D eigenvalue weighted by Crippen LogP contribution is -2.49. The molecule has 0 spiro atoms. The van der Waals surface area contributed by atoms with Gasteiger partial charge in [-0.2, -0.15) is 17.0 Å². The molecule has 1 aliphatic heterocycles. The molecule has 0 aliphatic carbocycles. The fourth-order valence-electron chi connectivity index (χ4n) is 2.05. The van der Waals surface area contributed by atoms with Gasteiger partial charge in [-0.15, -0.1) is 0 Å². The Morgan fingerprint density at radius 1 is 1.53 bits per heavy atom. The first-order chi connectivity index (χ1) is 7.76. The standard InChI is InChI=1S/C10H20N2O4S/c1-8(2)12(7-10(13)14)17(15,16)11-6-4-5-9(11)3/h8-9H,4-7H2,1-3H3,(H,13,14). The number of nitrogens with zero attached hydrogens (tertiary/aromatic N) is 2. The Balaban J connectivity index is 2.95. The average Bonchev–Trinajstić information content (AvgIpc) is 2.60. The van der Waals surface area contributed by atoms with Gasteiger partial charge < -0.3 is 5.11 Å². The molecule has 1 aliphatic rings. The van der Waals surface area contributed by atoms with Crippen LogP contribution in [0.25, 0.3) is 0 Å². The predicted octanol–water partition coefficient (Wildman–Crippen LogP) is 0.510. The molecule has 100 valence electrons. The van der Waals surface area contributed by atoms with Crippen LogP contribution in [0.4, 0.5) is 0 Å². The second-order valence-electron chi connectivity index (χ2n) is 4.64. The zero-order valence-electron chi connectivity index (χ0n) is 10.5. The quantitative estimate of drug-likeness (QED) is 0.785. The van der Waals surface area contributed by atoms with Crippen molar-refractivity contribution in [1.82, 2.24) is 8.61 Å². The molecule has 1 unspecified atom stereocenters. The van der Waals surface area contributed by atoms with E-state index in [1.807, 2.05) is 6.92 Å². The first kappa shape index (κ1) is 14.4. The van der Waals surface area contributed by atoms with Crippen LogP contribution in [-0.4, -0.2) is 53.3 Å². The molecule has 1 rings (SSSR count). The molecule has 0 bridgehead atoms. The van der Waals surface area contributed by atoms with Crippen LogP contribution in [0.15, 0.2) is 0 Å². The molecule has 1 fully saturated rings. The average molecular weight is 264 g/mol. The molecule has 0 radical (unpaired) electrons. The van der Waals surface area contributed by atoms with Gasteiger partial charge in [0, 0.05) is 18.6 Å². The van der Waals surface area contributed by atoms with Gasteiger partial charge in [0.25, 0.3) is 10.2 Å². The Hall–Kier alpha value is -0.660. The Kier molecular flexibility index (Phi) is 4.51. The Morgan fingerprint density at radius 2 is 2.12 bits per heavy atom. The third-order valence-corrected chi connectivity index (χ3v) is 5.23. The van der Waals surface area contributed by atoms with Gasteiger partial charge in [-0.05, 0) is 33.6 Å². The summed E-state index contributed by atoms with van der Waals surface area (Å²) in [6, 6.07) is -0.404. The highest BCUT2D eigenvalue weighted by atomic mass is 32.2. The molecule has 0 saturated carbocycles. The Bertz CT molecular complexity index is 380. The van der Waals surface area contributed by atoms with E-state index in [1.54, 1.807) is 13.8 Å². The van der Waals surface area contributed by atoms with Crippen LogP contribution in [0.2, 0.25) is 0 Å². The van der Waals surface area contributed by atoms with E-state index in [0.717, 1.165) is 17.1 Å². The largest absolute Gasteiger partial charge is 0.480 e. The van der Waals surface area contributed by atoms with Crippen molar-refractivity contribution < 1.29 is 18.3 Å². The molecule has 1 heterocycles. The van der Waals surface area contributed by atoms with E-state index in [4.69, 9.17) is 5.11 Å². The van der Waals surface area contributed by atoms with Crippen LogP contribution in [0.3, 0.4) is 0 Å². The van der Waals surface area contributed by atoms with Crippen molar-refractivity contribution in [3.05, 3.63) is 0 Å². The first-order valence-electron chi connectivity index (χ1n) is 5.77. The van der Waals surface area contributed by atoms with Gasteiger partial charge in [-0.3, -0.25) is 4.79 Å². The van der Waals surface area contributed by atoms with Crippen molar-refractivity contribution in [2.24, 2.45) is 0 Å².